The molecule has 0 heterocycles. The first-order chi connectivity index (χ1) is 11.4. The van der Waals surface area contributed by atoms with Gasteiger partial charge in [-0.2, -0.15) is 0 Å². The molecule has 0 unspecified atom stereocenters. The number of fused-ring (bicyclic) bond motifs is 3. The predicted octanol–water partition coefficient (Wildman–Crippen LogP) is 5.56. The van der Waals surface area contributed by atoms with Crippen molar-refractivity contribution in [1.82, 2.24) is 0 Å². The molecule has 23 heavy (non-hydrogen) atoms. The van der Waals surface area contributed by atoms with Crippen LogP contribution < -0.4 is 0 Å². The van der Waals surface area contributed by atoms with E-state index in [1.54, 1.807) is 13.4 Å². The molecule has 0 amide bonds. The fourth-order valence-electron chi connectivity index (χ4n) is 2.79. The zero-order chi connectivity index (χ0) is 15.9. The fourth-order valence-corrected chi connectivity index (χ4v) is 2.79. The SMILES string of the molecule is COC=Cc1ccccc1.c1ccc2c(c1)Cc1ccccc1-2. The second kappa shape index (κ2) is 7.46. The molecule has 0 saturated heterocycles. The second-order valence-electron chi connectivity index (χ2n) is 5.44. The highest BCUT2D eigenvalue weighted by molar-refractivity contribution is 5.76. The number of benzene rings is 3. The lowest BCUT2D eigenvalue weighted by atomic mass is 10.1. The Hall–Kier alpha value is -2.80. The Balaban J connectivity index is 0.000000142. The van der Waals surface area contributed by atoms with Gasteiger partial charge in [-0.1, -0.05) is 78.9 Å². The average molecular weight is 300 g/mol. The average Bonchev–Trinajstić information content (AvgIpc) is 3.00. The number of hydrogen-bond donors (Lipinski definition) is 0. The minimum absolute atomic E-state index is 1.10. The van der Waals surface area contributed by atoms with Gasteiger partial charge in [0.25, 0.3) is 0 Å². The molecule has 114 valence electrons. The summed E-state index contributed by atoms with van der Waals surface area (Å²) >= 11 is 0. The Labute approximate surface area is 137 Å². The third-order valence-corrected chi connectivity index (χ3v) is 3.90. The number of methoxy groups -OCH3 is 1. The Kier molecular flexibility index (Phi) is 4.90. The molecule has 0 aliphatic heterocycles. The van der Waals surface area contributed by atoms with Crippen molar-refractivity contribution in [3.05, 3.63) is 102 Å². The normalized spacial score (nSPS) is 11.3. The van der Waals surface area contributed by atoms with Gasteiger partial charge in [0.2, 0.25) is 0 Å². The molecular formula is C22H20O. The summed E-state index contributed by atoms with van der Waals surface area (Å²) in [5.74, 6) is 0. The van der Waals surface area contributed by atoms with E-state index < -0.39 is 0 Å². The third kappa shape index (κ3) is 3.70. The van der Waals surface area contributed by atoms with Crippen LogP contribution in [0.3, 0.4) is 0 Å². The monoisotopic (exact) mass is 300 g/mol. The summed E-state index contributed by atoms with van der Waals surface area (Å²) in [5, 5.41) is 0. The largest absolute Gasteiger partial charge is 0.504 e. The molecule has 1 aliphatic carbocycles. The van der Waals surface area contributed by atoms with E-state index in [9.17, 15) is 0 Å². The van der Waals surface area contributed by atoms with Crippen LogP contribution in [0, 0.1) is 0 Å². The van der Waals surface area contributed by atoms with Gasteiger partial charge in [-0.3, -0.25) is 0 Å². The van der Waals surface area contributed by atoms with Gasteiger partial charge in [0, 0.05) is 0 Å². The van der Waals surface area contributed by atoms with Crippen LogP contribution >= 0.6 is 0 Å². The Bertz CT molecular complexity index is 744. The highest BCUT2D eigenvalue weighted by Crippen LogP contribution is 2.35. The molecule has 4 rings (SSSR count). The van der Waals surface area contributed by atoms with Crippen LogP contribution in [0.4, 0.5) is 0 Å². The van der Waals surface area contributed by atoms with Gasteiger partial charge >= 0.3 is 0 Å². The maximum Gasteiger partial charge on any atom is 0.0830 e. The molecule has 1 heteroatoms. The van der Waals surface area contributed by atoms with Crippen molar-refractivity contribution in [2.45, 2.75) is 6.42 Å². The topological polar surface area (TPSA) is 9.23 Å². The summed E-state index contributed by atoms with van der Waals surface area (Å²) in [6.07, 6.45) is 4.68. The molecule has 0 bridgehead atoms. The molecule has 0 N–H and O–H groups in total. The number of rotatable bonds is 2. The van der Waals surface area contributed by atoms with Crippen molar-refractivity contribution in [3.8, 4) is 11.1 Å². The summed E-state index contributed by atoms with van der Waals surface area (Å²) < 4.78 is 4.77. The summed E-state index contributed by atoms with van der Waals surface area (Å²) in [5.41, 5.74) is 6.91. The molecule has 1 nitrogen and oxygen atoms in total. The standard InChI is InChI=1S/C13H10.C9H10O/c1-3-7-12-10(5-1)9-11-6-2-4-8-13(11)12;1-10-8-7-9-5-3-2-4-6-9/h1-8H,9H2;2-8H,1H3. The Morgan fingerprint density at radius 3 is 1.78 bits per heavy atom. The van der Waals surface area contributed by atoms with Gasteiger partial charge in [-0.25, -0.2) is 0 Å². The highest BCUT2D eigenvalue weighted by atomic mass is 16.5. The van der Waals surface area contributed by atoms with E-state index in [0.29, 0.717) is 0 Å². The van der Waals surface area contributed by atoms with Crippen LogP contribution in [0.15, 0.2) is 85.1 Å². The van der Waals surface area contributed by atoms with Crippen molar-refractivity contribution >= 4 is 6.08 Å². The van der Waals surface area contributed by atoms with Crippen molar-refractivity contribution in [2.24, 2.45) is 0 Å². The summed E-state index contributed by atoms with van der Waals surface area (Å²) in [6, 6.07) is 27.3. The van der Waals surface area contributed by atoms with Crippen molar-refractivity contribution in [2.75, 3.05) is 7.11 Å². The van der Waals surface area contributed by atoms with Gasteiger partial charge < -0.3 is 4.74 Å². The summed E-state index contributed by atoms with van der Waals surface area (Å²) in [6.45, 7) is 0. The molecule has 0 fully saturated rings. The third-order valence-electron chi connectivity index (χ3n) is 3.90. The molecule has 3 aromatic carbocycles. The number of ether oxygens (including phenoxy) is 1. The molecule has 0 spiro atoms. The minimum Gasteiger partial charge on any atom is -0.504 e. The quantitative estimate of drug-likeness (QED) is 0.440. The maximum atomic E-state index is 4.77. The van der Waals surface area contributed by atoms with Crippen molar-refractivity contribution < 1.29 is 4.74 Å². The molecule has 1 aliphatic rings. The molecule has 0 saturated carbocycles. The molecular weight excluding hydrogens is 280 g/mol. The smallest absolute Gasteiger partial charge is 0.0830 e. The number of hydrogen-bond acceptors (Lipinski definition) is 1. The molecule has 0 atom stereocenters. The minimum atomic E-state index is 1.10. The van der Waals surface area contributed by atoms with E-state index in [0.717, 1.165) is 12.0 Å². The van der Waals surface area contributed by atoms with Crippen LogP contribution in [-0.4, -0.2) is 7.11 Å². The van der Waals surface area contributed by atoms with Crippen molar-refractivity contribution in [1.29, 1.82) is 0 Å². The van der Waals surface area contributed by atoms with Crippen LogP contribution in [0.5, 0.6) is 0 Å². The van der Waals surface area contributed by atoms with E-state index in [1.807, 2.05) is 36.4 Å². The zero-order valence-corrected chi connectivity index (χ0v) is 13.3. The van der Waals surface area contributed by atoms with Gasteiger partial charge in [0.1, 0.15) is 0 Å². The predicted molar refractivity (Wildman–Crippen MR) is 97.2 cm³/mol. The van der Waals surface area contributed by atoms with Gasteiger partial charge in [0.05, 0.1) is 13.4 Å². The summed E-state index contributed by atoms with van der Waals surface area (Å²) in [4.78, 5) is 0. The maximum absolute atomic E-state index is 4.77. The van der Waals surface area contributed by atoms with E-state index in [1.165, 1.54) is 22.3 Å². The van der Waals surface area contributed by atoms with Crippen LogP contribution in [0.1, 0.15) is 16.7 Å². The van der Waals surface area contributed by atoms with Gasteiger partial charge in [-0.05, 0) is 40.3 Å². The highest BCUT2D eigenvalue weighted by Gasteiger charge is 2.15. The first kappa shape index (κ1) is 15.1. The Morgan fingerprint density at radius 1 is 0.696 bits per heavy atom. The second-order valence-corrected chi connectivity index (χ2v) is 5.44. The van der Waals surface area contributed by atoms with Crippen LogP contribution in [0.25, 0.3) is 17.2 Å². The lowest BCUT2D eigenvalue weighted by Crippen LogP contribution is -1.77. The molecule has 3 aromatic rings. The van der Waals surface area contributed by atoms with Crippen LogP contribution in [0.2, 0.25) is 0 Å². The van der Waals surface area contributed by atoms with Gasteiger partial charge in [0.15, 0.2) is 0 Å². The van der Waals surface area contributed by atoms with E-state index >= 15 is 0 Å². The van der Waals surface area contributed by atoms with E-state index in [4.69, 9.17) is 4.74 Å². The lowest BCUT2D eigenvalue weighted by Gasteiger charge is -1.98. The fraction of sp³-hybridized carbons (Fsp3) is 0.0909. The van der Waals surface area contributed by atoms with E-state index in [-0.39, 0.29) is 0 Å². The first-order valence-electron chi connectivity index (χ1n) is 7.79. The molecule has 0 aromatic heterocycles. The molecule has 0 radical (unpaired) electrons. The first-order valence-corrected chi connectivity index (χ1v) is 7.79. The van der Waals surface area contributed by atoms with Gasteiger partial charge in [-0.15, -0.1) is 0 Å². The van der Waals surface area contributed by atoms with Crippen molar-refractivity contribution in [3.63, 3.8) is 0 Å². The lowest BCUT2D eigenvalue weighted by molar-refractivity contribution is 0.341. The van der Waals surface area contributed by atoms with Crippen LogP contribution in [-0.2, 0) is 11.2 Å². The Morgan fingerprint density at radius 2 is 1.22 bits per heavy atom. The summed E-state index contributed by atoms with van der Waals surface area (Å²) in [7, 11) is 1.64. The van der Waals surface area contributed by atoms with E-state index in [2.05, 4.69) is 48.5 Å². The zero-order valence-electron chi connectivity index (χ0n) is 13.3.